The van der Waals surface area contributed by atoms with Gasteiger partial charge in [-0.25, -0.2) is 0 Å². The summed E-state index contributed by atoms with van der Waals surface area (Å²) in [7, 11) is 1.98. The molecule has 0 unspecified atom stereocenters. The number of rotatable bonds is 5. The van der Waals surface area contributed by atoms with Crippen molar-refractivity contribution in [2.45, 2.75) is 46.6 Å². The number of nitrogens with one attached hydrogen (secondary N) is 2. The summed E-state index contributed by atoms with van der Waals surface area (Å²) < 4.78 is 0. The minimum atomic E-state index is 0.491. The number of aromatic nitrogens is 2. The van der Waals surface area contributed by atoms with Gasteiger partial charge in [0.2, 0.25) is 0 Å². The first-order valence-corrected chi connectivity index (χ1v) is 5.76. The third-order valence-corrected chi connectivity index (χ3v) is 2.50. The molecule has 0 spiro atoms. The van der Waals surface area contributed by atoms with Gasteiger partial charge in [-0.3, -0.25) is 5.10 Å². The molecule has 0 fully saturated rings. The topological polar surface area (TPSA) is 40.7 Å². The average molecular weight is 209 g/mol. The van der Waals surface area contributed by atoms with Crippen LogP contribution in [-0.2, 0) is 13.0 Å². The predicted octanol–water partition coefficient (Wildman–Crippen LogP) is 2.45. The van der Waals surface area contributed by atoms with Gasteiger partial charge in [0, 0.05) is 17.8 Å². The number of hydrogen-bond donors (Lipinski definition) is 2. The second-order valence-corrected chi connectivity index (χ2v) is 4.85. The van der Waals surface area contributed by atoms with Crippen molar-refractivity contribution in [2.24, 2.45) is 5.92 Å². The maximum Gasteiger partial charge on any atom is 0.0695 e. The molecule has 0 aliphatic rings. The van der Waals surface area contributed by atoms with E-state index >= 15 is 0 Å². The van der Waals surface area contributed by atoms with E-state index in [2.05, 4.69) is 43.2 Å². The van der Waals surface area contributed by atoms with Gasteiger partial charge in [-0.05, 0) is 25.3 Å². The Kier molecular flexibility index (Phi) is 4.33. The predicted molar refractivity (Wildman–Crippen MR) is 64.0 cm³/mol. The van der Waals surface area contributed by atoms with Crippen LogP contribution in [0.15, 0.2) is 0 Å². The third-order valence-electron chi connectivity index (χ3n) is 2.50. The zero-order chi connectivity index (χ0) is 11.4. The highest BCUT2D eigenvalue weighted by atomic mass is 15.1. The van der Waals surface area contributed by atoms with E-state index in [0.29, 0.717) is 11.8 Å². The molecule has 0 saturated heterocycles. The van der Waals surface area contributed by atoms with Gasteiger partial charge in [0.15, 0.2) is 0 Å². The number of aromatic amines is 1. The highest BCUT2D eigenvalue weighted by molar-refractivity contribution is 5.27. The summed E-state index contributed by atoms with van der Waals surface area (Å²) >= 11 is 0. The molecule has 1 aromatic heterocycles. The van der Waals surface area contributed by atoms with Crippen LogP contribution in [0.2, 0.25) is 0 Å². The Morgan fingerprint density at radius 3 is 2.40 bits per heavy atom. The van der Waals surface area contributed by atoms with Gasteiger partial charge in [0.1, 0.15) is 0 Å². The molecule has 0 saturated carbocycles. The zero-order valence-corrected chi connectivity index (χ0v) is 10.5. The van der Waals surface area contributed by atoms with Gasteiger partial charge in [0.25, 0.3) is 0 Å². The van der Waals surface area contributed by atoms with Crippen LogP contribution in [0.3, 0.4) is 0 Å². The summed E-state index contributed by atoms with van der Waals surface area (Å²) in [4.78, 5) is 0. The molecule has 0 aromatic carbocycles. The van der Waals surface area contributed by atoms with Crippen LogP contribution in [0, 0.1) is 5.92 Å². The Morgan fingerprint density at radius 2 is 1.93 bits per heavy atom. The van der Waals surface area contributed by atoms with E-state index in [9.17, 15) is 0 Å². The highest BCUT2D eigenvalue weighted by Crippen LogP contribution is 2.21. The Balaban J connectivity index is 2.95. The fraction of sp³-hybridized carbons (Fsp3) is 0.750. The van der Waals surface area contributed by atoms with Crippen LogP contribution in [0.1, 0.15) is 50.6 Å². The van der Waals surface area contributed by atoms with Crippen molar-refractivity contribution < 1.29 is 0 Å². The minimum Gasteiger partial charge on any atom is -0.316 e. The molecule has 1 rings (SSSR count). The quantitative estimate of drug-likeness (QED) is 0.782. The molecule has 3 heteroatoms. The summed E-state index contributed by atoms with van der Waals surface area (Å²) in [6, 6.07) is 0. The van der Waals surface area contributed by atoms with E-state index in [0.717, 1.165) is 13.0 Å². The molecule has 0 aliphatic heterocycles. The Hall–Kier alpha value is -0.830. The number of H-pyrrole nitrogens is 1. The number of nitrogens with zero attached hydrogens (tertiary/aromatic N) is 1. The lowest BCUT2D eigenvalue weighted by molar-refractivity contribution is 0.626. The molecule has 3 nitrogen and oxygen atoms in total. The second-order valence-electron chi connectivity index (χ2n) is 4.85. The van der Waals surface area contributed by atoms with Gasteiger partial charge >= 0.3 is 0 Å². The van der Waals surface area contributed by atoms with E-state index in [1.54, 1.807) is 0 Å². The van der Waals surface area contributed by atoms with Crippen molar-refractivity contribution >= 4 is 0 Å². The second kappa shape index (κ2) is 5.31. The molecule has 1 heterocycles. The van der Waals surface area contributed by atoms with Crippen LogP contribution >= 0.6 is 0 Å². The first kappa shape index (κ1) is 12.2. The third kappa shape index (κ3) is 3.06. The SMILES string of the molecule is CNCc1c(C(C)C)n[nH]c1CC(C)C. The van der Waals surface area contributed by atoms with Crippen molar-refractivity contribution in [1.29, 1.82) is 0 Å². The molecular formula is C12H23N3. The fourth-order valence-corrected chi connectivity index (χ4v) is 1.85. The normalized spacial score (nSPS) is 11.7. The van der Waals surface area contributed by atoms with Gasteiger partial charge < -0.3 is 5.32 Å². The van der Waals surface area contributed by atoms with Crippen LogP contribution in [0.25, 0.3) is 0 Å². The van der Waals surface area contributed by atoms with E-state index in [-0.39, 0.29) is 0 Å². The van der Waals surface area contributed by atoms with Gasteiger partial charge in [-0.1, -0.05) is 27.7 Å². The van der Waals surface area contributed by atoms with Crippen LogP contribution in [-0.4, -0.2) is 17.2 Å². The van der Waals surface area contributed by atoms with Crippen molar-refractivity contribution in [2.75, 3.05) is 7.05 Å². The molecule has 0 amide bonds. The average Bonchev–Trinajstić information content (AvgIpc) is 2.48. The molecule has 15 heavy (non-hydrogen) atoms. The molecule has 0 radical (unpaired) electrons. The van der Waals surface area contributed by atoms with E-state index < -0.39 is 0 Å². The molecule has 0 atom stereocenters. The molecule has 86 valence electrons. The minimum absolute atomic E-state index is 0.491. The molecular weight excluding hydrogens is 186 g/mol. The van der Waals surface area contributed by atoms with E-state index in [1.807, 2.05) is 7.05 Å². The lowest BCUT2D eigenvalue weighted by Crippen LogP contribution is -2.10. The maximum atomic E-state index is 4.42. The fourth-order valence-electron chi connectivity index (χ4n) is 1.85. The van der Waals surface area contributed by atoms with Crippen molar-refractivity contribution in [3.05, 3.63) is 17.0 Å². The summed E-state index contributed by atoms with van der Waals surface area (Å²) in [5.41, 5.74) is 3.87. The molecule has 0 bridgehead atoms. The van der Waals surface area contributed by atoms with Gasteiger partial charge in [0.05, 0.1) is 5.69 Å². The lowest BCUT2D eigenvalue weighted by atomic mass is 9.99. The zero-order valence-electron chi connectivity index (χ0n) is 10.5. The van der Waals surface area contributed by atoms with Gasteiger partial charge in [-0.2, -0.15) is 5.10 Å². The molecule has 2 N–H and O–H groups in total. The summed E-state index contributed by atoms with van der Waals surface area (Å²) in [6.45, 7) is 9.76. The van der Waals surface area contributed by atoms with Gasteiger partial charge in [-0.15, -0.1) is 0 Å². The first-order chi connectivity index (χ1) is 7.06. The van der Waals surface area contributed by atoms with E-state index in [1.165, 1.54) is 17.0 Å². The van der Waals surface area contributed by atoms with Crippen molar-refractivity contribution in [3.63, 3.8) is 0 Å². The van der Waals surface area contributed by atoms with E-state index in [4.69, 9.17) is 0 Å². The van der Waals surface area contributed by atoms with Crippen molar-refractivity contribution in [3.8, 4) is 0 Å². The summed E-state index contributed by atoms with van der Waals surface area (Å²) in [5, 5.41) is 10.8. The number of hydrogen-bond acceptors (Lipinski definition) is 2. The monoisotopic (exact) mass is 209 g/mol. The summed E-state index contributed by atoms with van der Waals surface area (Å²) in [5.74, 6) is 1.16. The first-order valence-electron chi connectivity index (χ1n) is 5.76. The summed E-state index contributed by atoms with van der Waals surface area (Å²) in [6.07, 6.45) is 1.08. The lowest BCUT2D eigenvalue weighted by Gasteiger charge is -2.08. The Bertz CT molecular complexity index is 300. The largest absolute Gasteiger partial charge is 0.316 e. The molecule has 1 aromatic rings. The smallest absolute Gasteiger partial charge is 0.0695 e. The standard InChI is InChI=1S/C12H23N3/c1-8(2)6-11-10(7-13-5)12(9(3)4)15-14-11/h8-9,13H,6-7H2,1-5H3,(H,14,15). The Morgan fingerprint density at radius 1 is 1.27 bits per heavy atom. The highest BCUT2D eigenvalue weighted by Gasteiger charge is 2.15. The molecule has 0 aliphatic carbocycles. The maximum absolute atomic E-state index is 4.42. The van der Waals surface area contributed by atoms with Crippen LogP contribution in [0.5, 0.6) is 0 Å². The van der Waals surface area contributed by atoms with Crippen molar-refractivity contribution in [1.82, 2.24) is 15.5 Å². The Labute approximate surface area is 92.7 Å². The van der Waals surface area contributed by atoms with Crippen LogP contribution in [0.4, 0.5) is 0 Å². The van der Waals surface area contributed by atoms with Crippen LogP contribution < -0.4 is 5.32 Å².